The molecule has 0 aliphatic heterocycles. The van der Waals surface area contributed by atoms with E-state index in [0.717, 1.165) is 22.1 Å². The first kappa shape index (κ1) is 16.5. The molecule has 126 valence electrons. The van der Waals surface area contributed by atoms with Crippen LogP contribution in [-0.2, 0) is 0 Å². The highest BCUT2D eigenvalue weighted by atomic mass is 16.5. The number of amides is 1. The summed E-state index contributed by atoms with van der Waals surface area (Å²) in [7, 11) is 1.60. The lowest BCUT2D eigenvalue weighted by atomic mass is 10.1. The van der Waals surface area contributed by atoms with Crippen molar-refractivity contribution >= 4 is 22.4 Å². The number of nitrogens with zero attached hydrogens (tertiary/aromatic N) is 1. The molecular formula is C20H18N2O3. The van der Waals surface area contributed by atoms with Crippen LogP contribution in [0.25, 0.3) is 10.8 Å². The Morgan fingerprint density at radius 2 is 1.68 bits per heavy atom. The summed E-state index contributed by atoms with van der Waals surface area (Å²) < 4.78 is 5.12. The number of fused-ring (bicyclic) bond motifs is 1. The van der Waals surface area contributed by atoms with Gasteiger partial charge in [0.15, 0.2) is 0 Å². The fraction of sp³-hybridized carbons (Fsp3) is 0.100. The minimum Gasteiger partial charge on any atom is -0.507 e. The Morgan fingerprint density at radius 1 is 1.04 bits per heavy atom. The molecule has 25 heavy (non-hydrogen) atoms. The lowest BCUT2D eigenvalue weighted by Gasteiger charge is -2.07. The molecule has 3 rings (SSSR count). The second-order valence-corrected chi connectivity index (χ2v) is 5.58. The molecule has 5 heteroatoms. The van der Waals surface area contributed by atoms with E-state index in [4.69, 9.17) is 4.74 Å². The average Bonchev–Trinajstić information content (AvgIpc) is 2.65. The van der Waals surface area contributed by atoms with Gasteiger partial charge in [0, 0.05) is 0 Å². The first-order valence-corrected chi connectivity index (χ1v) is 7.79. The molecule has 0 saturated carbocycles. The number of hydrogen-bond acceptors (Lipinski definition) is 4. The number of benzene rings is 3. The average molecular weight is 334 g/mol. The zero-order chi connectivity index (χ0) is 17.8. The molecule has 3 aromatic carbocycles. The Labute approximate surface area is 145 Å². The van der Waals surface area contributed by atoms with Crippen molar-refractivity contribution in [2.75, 3.05) is 7.11 Å². The molecule has 0 saturated heterocycles. The lowest BCUT2D eigenvalue weighted by Crippen LogP contribution is -2.19. The standard InChI is InChI=1S/C20H18N2O3/c1-13(14-7-9-17(25-2)10-8-14)21-22-20(24)18-11-15-5-3-4-6-16(15)12-19(18)23/h3-12,23H,1-2H3,(H,22,24)/b21-13+. The smallest absolute Gasteiger partial charge is 0.275 e. The van der Waals surface area contributed by atoms with Gasteiger partial charge in [-0.25, -0.2) is 5.43 Å². The first-order valence-electron chi connectivity index (χ1n) is 7.79. The summed E-state index contributed by atoms with van der Waals surface area (Å²) in [6, 6.07) is 18.1. The van der Waals surface area contributed by atoms with Gasteiger partial charge in [0.1, 0.15) is 11.5 Å². The zero-order valence-electron chi connectivity index (χ0n) is 14.0. The quantitative estimate of drug-likeness (QED) is 0.564. The van der Waals surface area contributed by atoms with Gasteiger partial charge in [-0.05, 0) is 59.7 Å². The normalized spacial score (nSPS) is 11.4. The fourth-order valence-corrected chi connectivity index (χ4v) is 2.50. The van der Waals surface area contributed by atoms with Crippen LogP contribution in [0, 0.1) is 0 Å². The Balaban J connectivity index is 1.80. The fourth-order valence-electron chi connectivity index (χ4n) is 2.50. The molecule has 0 fully saturated rings. The number of phenolic OH excluding ortho intramolecular Hbond substituents is 1. The van der Waals surface area contributed by atoms with Crippen molar-refractivity contribution in [3.05, 3.63) is 71.8 Å². The van der Waals surface area contributed by atoms with Gasteiger partial charge in [0.05, 0.1) is 18.4 Å². The summed E-state index contributed by atoms with van der Waals surface area (Å²) in [6.45, 7) is 1.79. The highest BCUT2D eigenvalue weighted by Gasteiger charge is 2.12. The van der Waals surface area contributed by atoms with E-state index in [-0.39, 0.29) is 11.3 Å². The van der Waals surface area contributed by atoms with Gasteiger partial charge in [0.2, 0.25) is 0 Å². The summed E-state index contributed by atoms with van der Waals surface area (Å²) in [5, 5.41) is 16.0. The van der Waals surface area contributed by atoms with Crippen LogP contribution in [0.5, 0.6) is 11.5 Å². The third kappa shape index (κ3) is 3.61. The van der Waals surface area contributed by atoms with Crippen molar-refractivity contribution in [3.63, 3.8) is 0 Å². The van der Waals surface area contributed by atoms with Gasteiger partial charge < -0.3 is 9.84 Å². The number of rotatable bonds is 4. The van der Waals surface area contributed by atoms with Gasteiger partial charge in [-0.3, -0.25) is 4.79 Å². The second kappa shape index (κ2) is 7.05. The van der Waals surface area contributed by atoms with Crippen molar-refractivity contribution in [2.45, 2.75) is 6.92 Å². The molecule has 2 N–H and O–H groups in total. The summed E-state index contributed by atoms with van der Waals surface area (Å²) >= 11 is 0. The number of ether oxygens (including phenoxy) is 1. The maximum Gasteiger partial charge on any atom is 0.275 e. The molecule has 0 spiro atoms. The highest BCUT2D eigenvalue weighted by molar-refractivity contribution is 6.03. The number of carbonyl (C=O) groups excluding carboxylic acids is 1. The van der Waals surface area contributed by atoms with Crippen LogP contribution in [0.3, 0.4) is 0 Å². The van der Waals surface area contributed by atoms with E-state index in [1.54, 1.807) is 26.2 Å². The molecule has 0 bridgehead atoms. The van der Waals surface area contributed by atoms with Crippen molar-refractivity contribution < 1.29 is 14.6 Å². The molecule has 3 aromatic rings. The molecule has 5 nitrogen and oxygen atoms in total. The summed E-state index contributed by atoms with van der Waals surface area (Å²) in [5.74, 6) is 0.214. The van der Waals surface area contributed by atoms with Crippen molar-refractivity contribution in [3.8, 4) is 11.5 Å². The molecule has 0 aliphatic carbocycles. The van der Waals surface area contributed by atoms with Crippen LogP contribution in [-0.4, -0.2) is 23.8 Å². The first-order chi connectivity index (χ1) is 12.1. The number of aromatic hydroxyl groups is 1. The van der Waals surface area contributed by atoms with Crippen LogP contribution >= 0.6 is 0 Å². The van der Waals surface area contributed by atoms with Crippen LogP contribution in [0.2, 0.25) is 0 Å². The maximum atomic E-state index is 12.3. The number of nitrogens with one attached hydrogen (secondary N) is 1. The maximum absolute atomic E-state index is 12.3. The monoisotopic (exact) mass is 334 g/mol. The molecule has 0 unspecified atom stereocenters. The van der Waals surface area contributed by atoms with Crippen molar-refractivity contribution in [1.82, 2.24) is 5.43 Å². The number of hydrazone groups is 1. The van der Waals surface area contributed by atoms with E-state index >= 15 is 0 Å². The topological polar surface area (TPSA) is 70.9 Å². The second-order valence-electron chi connectivity index (χ2n) is 5.58. The Morgan fingerprint density at radius 3 is 2.32 bits per heavy atom. The SMILES string of the molecule is COc1ccc(/C(C)=N/NC(=O)c2cc3ccccc3cc2O)cc1. The van der Waals surface area contributed by atoms with E-state index in [1.807, 2.05) is 48.5 Å². The molecule has 0 aliphatic rings. The predicted octanol–water partition coefficient (Wildman–Crippen LogP) is 3.71. The van der Waals surface area contributed by atoms with Gasteiger partial charge in [-0.2, -0.15) is 5.10 Å². The lowest BCUT2D eigenvalue weighted by molar-refractivity contribution is 0.0952. The molecule has 1 amide bonds. The summed E-state index contributed by atoms with van der Waals surface area (Å²) in [6.07, 6.45) is 0. The Hall–Kier alpha value is -3.34. The minimum absolute atomic E-state index is 0.0755. The van der Waals surface area contributed by atoms with Crippen LogP contribution in [0.1, 0.15) is 22.8 Å². The zero-order valence-corrected chi connectivity index (χ0v) is 14.0. The Kier molecular flexibility index (Phi) is 4.66. The van der Waals surface area contributed by atoms with Gasteiger partial charge in [0.25, 0.3) is 5.91 Å². The van der Waals surface area contributed by atoms with Crippen LogP contribution in [0.4, 0.5) is 0 Å². The molecule has 0 heterocycles. The third-order valence-corrected chi connectivity index (χ3v) is 3.94. The predicted molar refractivity (Wildman–Crippen MR) is 98.3 cm³/mol. The van der Waals surface area contributed by atoms with Crippen LogP contribution < -0.4 is 10.2 Å². The van der Waals surface area contributed by atoms with E-state index in [9.17, 15) is 9.90 Å². The minimum atomic E-state index is -0.462. The molecule has 0 aromatic heterocycles. The Bertz CT molecular complexity index is 947. The van der Waals surface area contributed by atoms with Gasteiger partial charge >= 0.3 is 0 Å². The molecule has 0 radical (unpaired) electrons. The van der Waals surface area contributed by atoms with Crippen LogP contribution in [0.15, 0.2) is 65.8 Å². The van der Waals surface area contributed by atoms with E-state index in [2.05, 4.69) is 10.5 Å². The van der Waals surface area contributed by atoms with Crippen molar-refractivity contribution in [2.24, 2.45) is 5.10 Å². The van der Waals surface area contributed by atoms with Gasteiger partial charge in [-0.15, -0.1) is 0 Å². The number of hydrogen-bond donors (Lipinski definition) is 2. The van der Waals surface area contributed by atoms with E-state index in [0.29, 0.717) is 5.71 Å². The number of phenols is 1. The molecular weight excluding hydrogens is 316 g/mol. The number of methoxy groups -OCH3 is 1. The van der Waals surface area contributed by atoms with E-state index in [1.165, 1.54) is 0 Å². The van der Waals surface area contributed by atoms with Crippen molar-refractivity contribution in [1.29, 1.82) is 0 Å². The summed E-state index contributed by atoms with van der Waals surface area (Å²) in [5.41, 5.74) is 4.19. The third-order valence-electron chi connectivity index (χ3n) is 3.94. The highest BCUT2D eigenvalue weighted by Crippen LogP contribution is 2.24. The van der Waals surface area contributed by atoms with E-state index < -0.39 is 5.91 Å². The summed E-state index contributed by atoms with van der Waals surface area (Å²) in [4.78, 5) is 12.3. The number of carbonyl (C=O) groups is 1. The van der Waals surface area contributed by atoms with Gasteiger partial charge in [-0.1, -0.05) is 24.3 Å². The molecule has 0 atom stereocenters. The largest absolute Gasteiger partial charge is 0.507 e.